The fourth-order valence-corrected chi connectivity index (χ4v) is 2.09. The molecule has 1 saturated carbocycles. The molecule has 1 aromatic heterocycles. The van der Waals surface area contributed by atoms with E-state index < -0.39 is 5.54 Å². The van der Waals surface area contributed by atoms with Crippen LogP contribution in [-0.2, 0) is 5.54 Å². The maximum Gasteiger partial charge on any atom is 0.229 e. The molecule has 2 rings (SSSR count). The fourth-order valence-electron chi connectivity index (χ4n) is 2.09. The average molecular weight is 223 g/mol. The molecule has 0 saturated heterocycles. The monoisotopic (exact) mass is 223 g/mol. The first-order valence-corrected chi connectivity index (χ1v) is 6.12. The van der Waals surface area contributed by atoms with Gasteiger partial charge in [-0.25, -0.2) is 0 Å². The third-order valence-electron chi connectivity index (χ3n) is 3.38. The van der Waals surface area contributed by atoms with Crippen LogP contribution in [0.15, 0.2) is 4.52 Å². The molecule has 4 nitrogen and oxygen atoms in total. The Morgan fingerprint density at radius 3 is 2.62 bits per heavy atom. The van der Waals surface area contributed by atoms with Gasteiger partial charge < -0.3 is 10.3 Å². The second-order valence-corrected chi connectivity index (χ2v) is 5.53. The lowest BCUT2D eigenvalue weighted by Crippen LogP contribution is -2.38. The van der Waals surface area contributed by atoms with Crippen LogP contribution < -0.4 is 5.73 Å². The van der Waals surface area contributed by atoms with Crippen molar-refractivity contribution < 1.29 is 4.52 Å². The topological polar surface area (TPSA) is 64.9 Å². The van der Waals surface area contributed by atoms with Crippen molar-refractivity contribution in [3.63, 3.8) is 0 Å². The lowest BCUT2D eigenvalue weighted by atomic mass is 9.76. The van der Waals surface area contributed by atoms with Gasteiger partial charge in [0.15, 0.2) is 5.82 Å². The van der Waals surface area contributed by atoms with Crippen LogP contribution in [0.2, 0.25) is 0 Å². The standard InChI is InChI=1S/C12H21N3O/c1-8(2)10-14-11(15-16-10)12(3,13)7-9-5-4-6-9/h8-9H,4-7,13H2,1-3H3. The number of hydrogen-bond acceptors (Lipinski definition) is 4. The van der Waals surface area contributed by atoms with E-state index >= 15 is 0 Å². The Kier molecular flexibility index (Phi) is 3.02. The molecular formula is C12H21N3O. The number of rotatable bonds is 4. The molecule has 0 aliphatic heterocycles. The predicted octanol–water partition coefficient (Wildman–Crippen LogP) is 2.56. The van der Waals surface area contributed by atoms with Gasteiger partial charge in [0.25, 0.3) is 0 Å². The van der Waals surface area contributed by atoms with Crippen molar-refractivity contribution in [2.45, 2.75) is 57.9 Å². The van der Waals surface area contributed by atoms with Gasteiger partial charge in [0.2, 0.25) is 5.89 Å². The lowest BCUT2D eigenvalue weighted by molar-refractivity contribution is 0.225. The molecule has 1 unspecified atom stereocenters. The molecule has 1 fully saturated rings. The average Bonchev–Trinajstić information content (AvgIpc) is 2.61. The molecule has 1 aromatic rings. The number of aromatic nitrogens is 2. The van der Waals surface area contributed by atoms with Crippen LogP contribution in [0, 0.1) is 5.92 Å². The van der Waals surface area contributed by atoms with E-state index in [0.29, 0.717) is 11.7 Å². The zero-order valence-electron chi connectivity index (χ0n) is 10.4. The Hall–Kier alpha value is -0.900. The zero-order chi connectivity index (χ0) is 11.8. The molecule has 16 heavy (non-hydrogen) atoms. The lowest BCUT2D eigenvalue weighted by Gasteiger charge is -2.32. The molecule has 1 aliphatic carbocycles. The van der Waals surface area contributed by atoms with Crippen LogP contribution in [-0.4, -0.2) is 10.1 Å². The van der Waals surface area contributed by atoms with Crippen LogP contribution in [0.4, 0.5) is 0 Å². The van der Waals surface area contributed by atoms with Crippen molar-refractivity contribution in [2.75, 3.05) is 0 Å². The van der Waals surface area contributed by atoms with Crippen LogP contribution in [0.3, 0.4) is 0 Å². The van der Waals surface area contributed by atoms with Gasteiger partial charge >= 0.3 is 0 Å². The molecule has 0 aromatic carbocycles. The minimum absolute atomic E-state index is 0.265. The first kappa shape index (κ1) is 11.6. The van der Waals surface area contributed by atoms with E-state index in [1.54, 1.807) is 0 Å². The third kappa shape index (κ3) is 2.26. The summed E-state index contributed by atoms with van der Waals surface area (Å²) in [6.07, 6.45) is 4.89. The van der Waals surface area contributed by atoms with E-state index in [1.807, 2.05) is 20.8 Å². The van der Waals surface area contributed by atoms with Crippen LogP contribution in [0.1, 0.15) is 64.1 Å². The summed E-state index contributed by atoms with van der Waals surface area (Å²) in [7, 11) is 0. The fraction of sp³-hybridized carbons (Fsp3) is 0.833. The summed E-state index contributed by atoms with van der Waals surface area (Å²) < 4.78 is 5.20. The third-order valence-corrected chi connectivity index (χ3v) is 3.38. The molecule has 2 N–H and O–H groups in total. The predicted molar refractivity (Wildman–Crippen MR) is 61.9 cm³/mol. The summed E-state index contributed by atoms with van der Waals surface area (Å²) in [6, 6.07) is 0. The molecule has 0 amide bonds. The summed E-state index contributed by atoms with van der Waals surface area (Å²) >= 11 is 0. The minimum Gasteiger partial charge on any atom is -0.339 e. The van der Waals surface area contributed by atoms with Crippen LogP contribution in [0.25, 0.3) is 0 Å². The van der Waals surface area contributed by atoms with E-state index in [4.69, 9.17) is 10.3 Å². The molecule has 4 heteroatoms. The summed E-state index contributed by atoms with van der Waals surface area (Å²) in [6.45, 7) is 6.08. The van der Waals surface area contributed by atoms with Crippen molar-refractivity contribution in [3.8, 4) is 0 Å². The first-order valence-electron chi connectivity index (χ1n) is 6.12. The summed E-state index contributed by atoms with van der Waals surface area (Å²) in [4.78, 5) is 4.39. The van der Waals surface area contributed by atoms with Gasteiger partial charge in [-0.15, -0.1) is 0 Å². The highest BCUT2D eigenvalue weighted by Gasteiger charge is 2.33. The first-order chi connectivity index (χ1) is 7.49. The van der Waals surface area contributed by atoms with Crippen molar-refractivity contribution >= 4 is 0 Å². The Bertz CT molecular complexity index is 353. The second kappa shape index (κ2) is 4.17. The maximum atomic E-state index is 6.28. The van der Waals surface area contributed by atoms with E-state index in [9.17, 15) is 0 Å². The van der Waals surface area contributed by atoms with Gasteiger partial charge in [-0.3, -0.25) is 0 Å². The Morgan fingerprint density at radius 1 is 1.50 bits per heavy atom. The second-order valence-electron chi connectivity index (χ2n) is 5.53. The van der Waals surface area contributed by atoms with Crippen molar-refractivity contribution in [2.24, 2.45) is 11.7 Å². The summed E-state index contributed by atoms with van der Waals surface area (Å²) in [5.74, 6) is 2.35. The van der Waals surface area contributed by atoms with Crippen LogP contribution in [0.5, 0.6) is 0 Å². The molecule has 0 radical (unpaired) electrons. The Labute approximate surface area is 96.6 Å². The molecule has 0 bridgehead atoms. The highest BCUT2D eigenvalue weighted by Crippen LogP contribution is 2.36. The van der Waals surface area contributed by atoms with Gasteiger partial charge in [0.05, 0.1) is 5.54 Å². The maximum absolute atomic E-state index is 6.28. The summed E-state index contributed by atoms with van der Waals surface area (Å²) in [5.41, 5.74) is 5.83. The van der Waals surface area contributed by atoms with Crippen molar-refractivity contribution in [1.82, 2.24) is 10.1 Å². The van der Waals surface area contributed by atoms with Gasteiger partial charge in [-0.1, -0.05) is 38.3 Å². The van der Waals surface area contributed by atoms with Crippen molar-refractivity contribution in [3.05, 3.63) is 11.7 Å². The van der Waals surface area contributed by atoms with Gasteiger partial charge in [0.1, 0.15) is 0 Å². The number of nitrogens with zero attached hydrogens (tertiary/aromatic N) is 2. The van der Waals surface area contributed by atoms with Crippen molar-refractivity contribution in [1.29, 1.82) is 0 Å². The van der Waals surface area contributed by atoms with E-state index in [1.165, 1.54) is 19.3 Å². The zero-order valence-corrected chi connectivity index (χ0v) is 10.4. The van der Waals surface area contributed by atoms with E-state index in [2.05, 4.69) is 10.1 Å². The Balaban J connectivity index is 2.07. The Morgan fingerprint density at radius 2 is 2.19 bits per heavy atom. The summed E-state index contributed by atoms with van der Waals surface area (Å²) in [5, 5.41) is 4.01. The van der Waals surface area contributed by atoms with Gasteiger partial charge in [0, 0.05) is 5.92 Å². The molecule has 1 atom stereocenters. The largest absolute Gasteiger partial charge is 0.339 e. The SMILES string of the molecule is CC(C)c1nc(C(C)(N)CC2CCC2)no1. The van der Waals surface area contributed by atoms with E-state index in [-0.39, 0.29) is 5.92 Å². The van der Waals surface area contributed by atoms with Gasteiger partial charge in [-0.05, 0) is 19.3 Å². The number of hydrogen-bond donors (Lipinski definition) is 1. The highest BCUT2D eigenvalue weighted by molar-refractivity contribution is 5.04. The van der Waals surface area contributed by atoms with Gasteiger partial charge in [-0.2, -0.15) is 4.98 Å². The number of nitrogens with two attached hydrogens (primary N) is 1. The molecule has 1 aliphatic rings. The van der Waals surface area contributed by atoms with Crippen LogP contribution >= 0.6 is 0 Å². The van der Waals surface area contributed by atoms with E-state index in [0.717, 1.165) is 12.3 Å². The molecular weight excluding hydrogens is 202 g/mol. The smallest absolute Gasteiger partial charge is 0.229 e. The quantitative estimate of drug-likeness (QED) is 0.852. The normalized spacial score (nSPS) is 20.8. The molecule has 90 valence electrons. The minimum atomic E-state index is -0.443. The molecule has 0 spiro atoms. The highest BCUT2D eigenvalue weighted by atomic mass is 16.5. The molecule has 1 heterocycles.